The fraction of sp³-hybridized carbons (Fsp3) is 0.615. The number of carboxylic acids is 1. The SMILES string of the molecule is Cc1cc(C(=O)O)nc(N2CC(C)N(C)C(C)C2)n1. The van der Waals surface area contributed by atoms with Crippen LogP contribution in [0.25, 0.3) is 0 Å². The number of rotatable bonds is 2. The third-order valence-corrected chi connectivity index (χ3v) is 3.70. The van der Waals surface area contributed by atoms with E-state index < -0.39 is 5.97 Å². The topological polar surface area (TPSA) is 69.6 Å². The molecule has 1 aromatic rings. The molecule has 1 aliphatic rings. The Morgan fingerprint density at radius 3 is 2.42 bits per heavy atom. The molecule has 0 radical (unpaired) electrons. The third-order valence-electron chi connectivity index (χ3n) is 3.70. The molecule has 1 saturated heterocycles. The maximum absolute atomic E-state index is 11.1. The summed E-state index contributed by atoms with van der Waals surface area (Å²) in [6, 6.07) is 2.27. The second-order valence-electron chi connectivity index (χ2n) is 5.27. The van der Waals surface area contributed by atoms with Gasteiger partial charge in [0.05, 0.1) is 0 Å². The van der Waals surface area contributed by atoms with E-state index in [2.05, 4.69) is 40.7 Å². The van der Waals surface area contributed by atoms with E-state index in [4.69, 9.17) is 5.11 Å². The normalized spacial score (nSPS) is 24.5. The van der Waals surface area contributed by atoms with Crippen LogP contribution in [0.4, 0.5) is 5.95 Å². The van der Waals surface area contributed by atoms with E-state index in [1.807, 2.05) is 0 Å². The van der Waals surface area contributed by atoms with Gasteiger partial charge in [0.2, 0.25) is 5.95 Å². The van der Waals surface area contributed by atoms with Crippen molar-refractivity contribution in [2.45, 2.75) is 32.9 Å². The molecule has 0 aromatic carbocycles. The van der Waals surface area contributed by atoms with Crippen LogP contribution in [0, 0.1) is 6.92 Å². The number of piperazine rings is 1. The van der Waals surface area contributed by atoms with Gasteiger partial charge < -0.3 is 10.0 Å². The van der Waals surface area contributed by atoms with E-state index in [0.717, 1.165) is 13.1 Å². The van der Waals surface area contributed by atoms with Gasteiger partial charge in [-0.15, -0.1) is 0 Å². The minimum absolute atomic E-state index is 0.0572. The number of likely N-dealkylation sites (N-methyl/N-ethyl adjacent to an activating group) is 1. The number of aromatic carboxylic acids is 1. The molecular weight excluding hydrogens is 244 g/mol. The number of carbonyl (C=O) groups is 1. The van der Waals surface area contributed by atoms with Crippen LogP contribution in [0.3, 0.4) is 0 Å². The largest absolute Gasteiger partial charge is 0.477 e. The molecule has 0 amide bonds. The van der Waals surface area contributed by atoms with Gasteiger partial charge in [0.1, 0.15) is 0 Å². The Bertz CT molecular complexity index is 480. The van der Waals surface area contributed by atoms with Gasteiger partial charge >= 0.3 is 5.97 Å². The summed E-state index contributed by atoms with van der Waals surface area (Å²) < 4.78 is 0. The monoisotopic (exact) mass is 264 g/mol. The zero-order chi connectivity index (χ0) is 14.2. The molecule has 1 aliphatic heterocycles. The quantitative estimate of drug-likeness (QED) is 0.859. The molecule has 0 spiro atoms. The fourth-order valence-electron chi connectivity index (χ4n) is 2.37. The lowest BCUT2D eigenvalue weighted by Gasteiger charge is -2.42. The fourth-order valence-corrected chi connectivity index (χ4v) is 2.37. The van der Waals surface area contributed by atoms with Crippen LogP contribution in [0.1, 0.15) is 30.0 Å². The van der Waals surface area contributed by atoms with Crippen molar-refractivity contribution in [3.8, 4) is 0 Å². The van der Waals surface area contributed by atoms with Gasteiger partial charge in [0.15, 0.2) is 5.69 Å². The molecule has 2 rings (SSSR count). The van der Waals surface area contributed by atoms with E-state index in [9.17, 15) is 4.79 Å². The maximum Gasteiger partial charge on any atom is 0.354 e. The first kappa shape index (κ1) is 13.7. The summed E-state index contributed by atoms with van der Waals surface area (Å²) in [6.07, 6.45) is 0. The standard InChI is InChI=1S/C13H20N4O2/c1-8-5-11(12(18)19)15-13(14-8)17-6-9(2)16(4)10(3)7-17/h5,9-10H,6-7H2,1-4H3,(H,18,19). The van der Waals surface area contributed by atoms with Crippen LogP contribution < -0.4 is 4.90 Å². The zero-order valence-electron chi connectivity index (χ0n) is 11.8. The summed E-state index contributed by atoms with van der Waals surface area (Å²) in [5, 5.41) is 9.06. The van der Waals surface area contributed by atoms with Gasteiger partial charge in [0.25, 0.3) is 0 Å². The van der Waals surface area contributed by atoms with Gasteiger partial charge in [-0.1, -0.05) is 0 Å². The van der Waals surface area contributed by atoms with Crippen LogP contribution in [0.5, 0.6) is 0 Å². The molecular formula is C13H20N4O2. The van der Waals surface area contributed by atoms with E-state index in [1.165, 1.54) is 6.07 Å². The molecule has 19 heavy (non-hydrogen) atoms. The van der Waals surface area contributed by atoms with Gasteiger partial charge in [-0.3, -0.25) is 4.90 Å². The highest BCUT2D eigenvalue weighted by Crippen LogP contribution is 2.18. The Kier molecular flexibility index (Phi) is 3.71. The van der Waals surface area contributed by atoms with Crippen molar-refractivity contribution in [1.82, 2.24) is 14.9 Å². The van der Waals surface area contributed by atoms with Crippen LogP contribution >= 0.6 is 0 Å². The molecule has 0 aliphatic carbocycles. The van der Waals surface area contributed by atoms with Crippen LogP contribution in [0.2, 0.25) is 0 Å². The molecule has 2 heterocycles. The van der Waals surface area contributed by atoms with Crippen LogP contribution in [-0.4, -0.2) is 58.2 Å². The van der Waals surface area contributed by atoms with Crippen molar-refractivity contribution in [2.24, 2.45) is 0 Å². The molecule has 104 valence electrons. The van der Waals surface area contributed by atoms with Gasteiger partial charge in [-0.05, 0) is 33.9 Å². The Morgan fingerprint density at radius 2 is 1.89 bits per heavy atom. The lowest BCUT2D eigenvalue weighted by molar-refractivity contribution is 0.0690. The van der Waals surface area contributed by atoms with Crippen molar-refractivity contribution >= 4 is 11.9 Å². The number of nitrogens with zero attached hydrogens (tertiary/aromatic N) is 4. The highest BCUT2D eigenvalue weighted by atomic mass is 16.4. The van der Waals surface area contributed by atoms with E-state index in [-0.39, 0.29) is 5.69 Å². The van der Waals surface area contributed by atoms with Crippen LogP contribution in [-0.2, 0) is 0 Å². The Labute approximate surface area is 113 Å². The summed E-state index contributed by atoms with van der Waals surface area (Å²) in [4.78, 5) is 23.9. The van der Waals surface area contributed by atoms with E-state index in [0.29, 0.717) is 23.7 Å². The lowest BCUT2D eigenvalue weighted by Crippen LogP contribution is -2.55. The molecule has 6 nitrogen and oxygen atoms in total. The van der Waals surface area contributed by atoms with Gasteiger partial charge in [0, 0.05) is 30.9 Å². The molecule has 2 unspecified atom stereocenters. The summed E-state index contributed by atoms with van der Waals surface area (Å²) in [5.74, 6) is -0.494. The maximum atomic E-state index is 11.1. The van der Waals surface area contributed by atoms with Gasteiger partial charge in [-0.2, -0.15) is 0 Å². The number of hydrogen-bond donors (Lipinski definition) is 1. The average Bonchev–Trinajstić information content (AvgIpc) is 2.34. The highest BCUT2D eigenvalue weighted by Gasteiger charge is 2.28. The molecule has 1 fully saturated rings. The predicted octanol–water partition coefficient (Wildman–Crippen LogP) is 1.01. The minimum atomic E-state index is -1.01. The number of hydrogen-bond acceptors (Lipinski definition) is 5. The lowest BCUT2D eigenvalue weighted by atomic mass is 10.1. The minimum Gasteiger partial charge on any atom is -0.477 e. The molecule has 1 N–H and O–H groups in total. The Balaban J connectivity index is 2.29. The molecule has 2 atom stereocenters. The second kappa shape index (κ2) is 5.13. The molecule has 6 heteroatoms. The first-order valence-corrected chi connectivity index (χ1v) is 6.44. The molecule has 1 aromatic heterocycles. The first-order chi connectivity index (χ1) is 8.88. The van der Waals surface area contributed by atoms with Gasteiger partial charge in [-0.25, -0.2) is 14.8 Å². The number of anilines is 1. The first-order valence-electron chi connectivity index (χ1n) is 6.44. The van der Waals surface area contributed by atoms with E-state index in [1.54, 1.807) is 6.92 Å². The van der Waals surface area contributed by atoms with Crippen molar-refractivity contribution in [2.75, 3.05) is 25.0 Å². The molecule has 0 saturated carbocycles. The highest BCUT2D eigenvalue weighted by molar-refractivity contribution is 5.85. The summed E-state index contributed by atoms with van der Waals surface area (Å²) in [5.41, 5.74) is 0.739. The summed E-state index contributed by atoms with van der Waals surface area (Å²) in [7, 11) is 2.10. The average molecular weight is 264 g/mol. The number of aryl methyl sites for hydroxylation is 1. The van der Waals surface area contributed by atoms with Crippen LogP contribution in [0.15, 0.2) is 6.07 Å². The van der Waals surface area contributed by atoms with Crippen molar-refractivity contribution in [3.63, 3.8) is 0 Å². The summed E-state index contributed by atoms with van der Waals surface area (Å²) >= 11 is 0. The second-order valence-corrected chi connectivity index (χ2v) is 5.27. The van der Waals surface area contributed by atoms with Crippen molar-refractivity contribution in [3.05, 3.63) is 17.5 Å². The van der Waals surface area contributed by atoms with Crippen molar-refractivity contribution < 1.29 is 9.90 Å². The number of aromatic nitrogens is 2. The third kappa shape index (κ3) is 2.84. The Morgan fingerprint density at radius 1 is 1.32 bits per heavy atom. The van der Waals surface area contributed by atoms with Crippen molar-refractivity contribution in [1.29, 1.82) is 0 Å². The Hall–Kier alpha value is -1.69. The summed E-state index contributed by atoms with van der Waals surface area (Å²) in [6.45, 7) is 7.71. The van der Waals surface area contributed by atoms with E-state index >= 15 is 0 Å². The zero-order valence-corrected chi connectivity index (χ0v) is 11.8. The predicted molar refractivity (Wildman–Crippen MR) is 72.6 cm³/mol. The smallest absolute Gasteiger partial charge is 0.354 e. The number of carboxylic acid groups (broad SMARTS) is 1. The molecule has 0 bridgehead atoms.